The number of carbonyl (C=O) groups excluding carboxylic acids is 2. The first kappa shape index (κ1) is 26.0. The van der Waals surface area contributed by atoms with Crippen molar-refractivity contribution in [1.29, 1.82) is 0 Å². The molecule has 2 heterocycles. The Labute approximate surface area is 221 Å². The quantitative estimate of drug-likeness (QED) is 0.445. The molecule has 2 aromatic rings. The summed E-state index contributed by atoms with van der Waals surface area (Å²) in [6.07, 6.45) is 0.202. The molecule has 0 spiro atoms. The predicted molar refractivity (Wildman–Crippen MR) is 149 cm³/mol. The Kier molecular flexibility index (Phi) is 7.91. The van der Waals surface area contributed by atoms with Crippen LogP contribution in [-0.2, 0) is 9.59 Å². The van der Waals surface area contributed by atoms with E-state index in [1.54, 1.807) is 0 Å². The molecule has 8 heteroatoms. The van der Waals surface area contributed by atoms with Crippen LogP contribution < -0.4 is 10.6 Å². The Balaban J connectivity index is 1.70. The lowest BCUT2D eigenvalue weighted by atomic mass is 9.93. The number of rotatable bonds is 7. The Morgan fingerprint density at radius 2 is 1.83 bits per heavy atom. The third kappa shape index (κ3) is 5.68. The van der Waals surface area contributed by atoms with Gasteiger partial charge in [0.1, 0.15) is 0 Å². The van der Waals surface area contributed by atoms with Crippen molar-refractivity contribution in [3.63, 3.8) is 0 Å². The maximum absolute atomic E-state index is 13.8. The molecule has 0 aromatic heterocycles. The van der Waals surface area contributed by atoms with Crippen LogP contribution >= 0.6 is 23.4 Å². The number of nitrogens with one attached hydrogen (secondary N) is 2. The molecule has 0 fully saturated rings. The highest BCUT2D eigenvalue weighted by atomic mass is 35.5. The lowest BCUT2D eigenvalue weighted by molar-refractivity contribution is -0.120. The molecule has 6 nitrogen and oxygen atoms in total. The third-order valence-corrected chi connectivity index (χ3v) is 7.25. The zero-order valence-electron chi connectivity index (χ0n) is 21.2. The van der Waals surface area contributed by atoms with Gasteiger partial charge in [0.25, 0.3) is 5.91 Å². The van der Waals surface area contributed by atoms with Crippen LogP contribution in [0.1, 0.15) is 49.9 Å². The lowest BCUT2D eigenvalue weighted by Crippen LogP contribution is -2.39. The van der Waals surface area contributed by atoms with Gasteiger partial charge in [0.15, 0.2) is 5.17 Å². The highest BCUT2D eigenvalue weighted by Crippen LogP contribution is 2.45. The highest BCUT2D eigenvalue weighted by molar-refractivity contribution is 8.16. The van der Waals surface area contributed by atoms with E-state index in [2.05, 4.69) is 24.5 Å². The largest absolute Gasteiger partial charge is 0.356 e. The second kappa shape index (κ2) is 10.9. The van der Waals surface area contributed by atoms with Gasteiger partial charge < -0.3 is 15.5 Å². The minimum Gasteiger partial charge on any atom is -0.356 e. The summed E-state index contributed by atoms with van der Waals surface area (Å²) >= 11 is 7.66. The van der Waals surface area contributed by atoms with Crippen LogP contribution in [0.25, 0.3) is 0 Å². The van der Waals surface area contributed by atoms with Gasteiger partial charge in [0.05, 0.1) is 23.7 Å². The van der Waals surface area contributed by atoms with Gasteiger partial charge in [-0.15, -0.1) is 0 Å². The monoisotopic (exact) mass is 522 g/mol. The van der Waals surface area contributed by atoms with Gasteiger partial charge in [0.2, 0.25) is 5.91 Å². The fourth-order valence-electron chi connectivity index (χ4n) is 4.31. The van der Waals surface area contributed by atoms with Gasteiger partial charge in [-0.05, 0) is 61.4 Å². The number of thioether (sulfide) groups is 1. The average Bonchev–Trinajstić information content (AvgIpc) is 3.21. The number of aryl methyl sites for hydroxylation is 2. The summed E-state index contributed by atoms with van der Waals surface area (Å²) in [5.41, 5.74) is 5.77. The van der Waals surface area contributed by atoms with Crippen molar-refractivity contribution in [2.24, 2.45) is 10.9 Å². The van der Waals surface area contributed by atoms with Gasteiger partial charge in [-0.3, -0.25) is 9.59 Å². The minimum absolute atomic E-state index is 0.0563. The first-order valence-corrected chi connectivity index (χ1v) is 13.2. The van der Waals surface area contributed by atoms with E-state index in [1.807, 2.05) is 73.5 Å². The number of nitrogens with zero attached hydrogens (tertiary/aromatic N) is 2. The Morgan fingerprint density at radius 3 is 2.50 bits per heavy atom. The normalized spacial score (nSPS) is 17.1. The Bertz CT molecular complexity index is 1280. The molecular weight excluding hydrogens is 492 g/mol. The van der Waals surface area contributed by atoms with Gasteiger partial charge in [-0.1, -0.05) is 67.0 Å². The molecule has 188 valence electrons. The van der Waals surface area contributed by atoms with Gasteiger partial charge in [0, 0.05) is 23.0 Å². The summed E-state index contributed by atoms with van der Waals surface area (Å²) in [5.74, 6) is 0.0860. The van der Waals surface area contributed by atoms with Crippen LogP contribution in [0.15, 0.2) is 69.8 Å². The molecule has 2 aliphatic heterocycles. The Hall–Kier alpha value is -3.03. The molecular formula is C28H31ClN4O2S. The molecule has 0 aliphatic carbocycles. The number of allylic oxidation sites excluding steroid dienone is 1. The molecule has 0 saturated heterocycles. The maximum Gasteiger partial charge on any atom is 0.255 e. The fraction of sp³-hybridized carbons (Fsp3) is 0.321. The lowest BCUT2D eigenvalue weighted by Gasteiger charge is -2.36. The van der Waals surface area contributed by atoms with Crippen molar-refractivity contribution < 1.29 is 9.59 Å². The van der Waals surface area contributed by atoms with E-state index in [0.717, 1.165) is 33.2 Å². The van der Waals surface area contributed by atoms with E-state index in [4.69, 9.17) is 16.6 Å². The second-order valence-corrected chi connectivity index (χ2v) is 10.9. The van der Waals surface area contributed by atoms with Crippen LogP contribution in [0.4, 0.5) is 5.69 Å². The summed E-state index contributed by atoms with van der Waals surface area (Å²) in [6, 6.07) is 13.0. The molecule has 0 bridgehead atoms. The Morgan fingerprint density at radius 1 is 1.11 bits per heavy atom. The molecule has 2 amide bonds. The zero-order chi connectivity index (χ0) is 26.0. The molecule has 4 rings (SSSR count). The number of aliphatic imine (C=N–C) groups is 1. The van der Waals surface area contributed by atoms with Gasteiger partial charge in [-0.25, -0.2) is 4.99 Å². The average molecular weight is 523 g/mol. The van der Waals surface area contributed by atoms with E-state index in [0.29, 0.717) is 28.8 Å². The molecule has 1 atom stereocenters. The summed E-state index contributed by atoms with van der Waals surface area (Å²) < 4.78 is 0. The smallest absolute Gasteiger partial charge is 0.255 e. The van der Waals surface area contributed by atoms with Gasteiger partial charge in [-0.2, -0.15) is 0 Å². The van der Waals surface area contributed by atoms with E-state index in [9.17, 15) is 9.59 Å². The van der Waals surface area contributed by atoms with E-state index >= 15 is 0 Å². The van der Waals surface area contributed by atoms with Crippen molar-refractivity contribution in [1.82, 2.24) is 10.2 Å². The predicted octanol–water partition coefficient (Wildman–Crippen LogP) is 6.33. The number of benzene rings is 2. The molecule has 0 unspecified atom stereocenters. The fourth-order valence-corrected chi connectivity index (χ4v) is 5.40. The van der Waals surface area contributed by atoms with Crippen molar-refractivity contribution in [3.8, 4) is 0 Å². The molecule has 0 radical (unpaired) electrons. The molecule has 2 aliphatic rings. The summed E-state index contributed by atoms with van der Waals surface area (Å²) in [6.45, 7) is 10.6. The van der Waals surface area contributed by atoms with Crippen LogP contribution in [0.2, 0.25) is 5.02 Å². The van der Waals surface area contributed by atoms with Crippen molar-refractivity contribution in [2.75, 3.05) is 11.9 Å². The number of anilines is 1. The molecule has 0 saturated carbocycles. The first-order chi connectivity index (χ1) is 17.1. The van der Waals surface area contributed by atoms with Crippen molar-refractivity contribution in [2.45, 2.75) is 47.1 Å². The zero-order valence-corrected chi connectivity index (χ0v) is 22.8. The number of fused-ring (bicyclic) bond motifs is 1. The highest BCUT2D eigenvalue weighted by Gasteiger charge is 2.40. The van der Waals surface area contributed by atoms with Crippen LogP contribution in [-0.4, -0.2) is 28.4 Å². The second-order valence-electron chi connectivity index (χ2n) is 9.59. The number of amides is 2. The summed E-state index contributed by atoms with van der Waals surface area (Å²) in [7, 11) is 0. The third-order valence-electron chi connectivity index (χ3n) is 6.11. The summed E-state index contributed by atoms with van der Waals surface area (Å²) in [5, 5.41) is 9.40. The number of amidine groups is 1. The van der Waals surface area contributed by atoms with E-state index < -0.39 is 6.04 Å². The van der Waals surface area contributed by atoms with E-state index in [-0.39, 0.29) is 18.2 Å². The number of hydrogen-bond donors (Lipinski definition) is 2. The van der Waals surface area contributed by atoms with Crippen LogP contribution in [0.3, 0.4) is 0 Å². The number of hydrogen-bond acceptors (Lipinski definition) is 5. The van der Waals surface area contributed by atoms with Crippen LogP contribution in [0, 0.1) is 19.8 Å². The molecule has 2 aromatic carbocycles. The van der Waals surface area contributed by atoms with Crippen molar-refractivity contribution >= 4 is 46.0 Å². The SMILES string of the molecule is CC1=C(C(=O)Nc2ccc(C)cc2C)[C@@H](c2ccc(Cl)cc2)N2C(CC(=O)NCC(C)C)=CSC2=N1. The minimum atomic E-state index is -0.445. The van der Waals surface area contributed by atoms with Crippen molar-refractivity contribution in [3.05, 3.63) is 86.6 Å². The molecule has 36 heavy (non-hydrogen) atoms. The molecule has 2 N–H and O–H groups in total. The standard InChI is InChI=1S/C28H31ClN4O2S/c1-16(2)14-30-24(34)13-22-15-36-28-31-19(5)25(26(33(22)28)20-7-9-21(29)10-8-20)27(35)32-23-11-6-17(3)12-18(23)4/h6-12,15-16,26H,13-14H2,1-5H3,(H,30,34)(H,32,35)/t26-/m1/s1. The van der Waals surface area contributed by atoms with E-state index in [1.165, 1.54) is 11.8 Å². The maximum atomic E-state index is 13.8. The summed E-state index contributed by atoms with van der Waals surface area (Å²) in [4.78, 5) is 33.3. The number of halogens is 1. The first-order valence-electron chi connectivity index (χ1n) is 12.0. The number of carbonyl (C=O) groups is 2. The van der Waals surface area contributed by atoms with Crippen LogP contribution in [0.5, 0.6) is 0 Å². The van der Waals surface area contributed by atoms with Gasteiger partial charge >= 0.3 is 0 Å². The topological polar surface area (TPSA) is 73.8 Å².